The van der Waals surface area contributed by atoms with Gasteiger partial charge in [-0.25, -0.2) is 4.98 Å². The first-order chi connectivity index (χ1) is 15.8. The highest BCUT2D eigenvalue weighted by Crippen LogP contribution is 2.30. The number of nitrogens with two attached hydrogens (primary N) is 1. The molecule has 8 heteroatoms. The number of aromatic nitrogens is 4. The Bertz CT molecular complexity index is 1310. The average Bonchev–Trinajstić information content (AvgIpc) is 3.30. The number of carbonyl (C=O) groups is 1. The van der Waals surface area contributed by atoms with Crippen LogP contribution in [0.3, 0.4) is 0 Å². The molecule has 0 saturated carbocycles. The summed E-state index contributed by atoms with van der Waals surface area (Å²) in [4.78, 5) is 25.5. The monoisotopic (exact) mass is 446 g/mol. The van der Waals surface area contributed by atoms with Crippen LogP contribution in [-0.2, 0) is 16.8 Å². The second-order valence-electron chi connectivity index (χ2n) is 8.41. The number of amides is 1. The molecular formula is C25H30N6O2. The quantitative estimate of drug-likeness (QED) is 0.438. The van der Waals surface area contributed by atoms with Gasteiger partial charge in [0.2, 0.25) is 5.91 Å². The smallest absolute Gasteiger partial charge is 0.229 e. The van der Waals surface area contributed by atoms with Crippen LogP contribution in [0.25, 0.3) is 34.0 Å². The second-order valence-corrected chi connectivity index (χ2v) is 8.41. The van der Waals surface area contributed by atoms with Crippen molar-refractivity contribution in [1.82, 2.24) is 25.4 Å². The molecule has 33 heavy (non-hydrogen) atoms. The van der Waals surface area contributed by atoms with E-state index in [1.54, 1.807) is 26.2 Å². The van der Waals surface area contributed by atoms with E-state index in [2.05, 4.69) is 32.6 Å². The standard InChI is InChI=1S/C25H26N6O2.2H2/c1-15-23(21-12-19(31-33-21)17-7-5-16(6-8-17)13-27-4)30-20(14-29-15)18-9-10-28-22(11-18)25(2,3)24(26)32;;/h5-12,14,27H,13H2,1-4H3,(H2,26,32);2*1H. The van der Waals surface area contributed by atoms with Gasteiger partial charge in [-0.1, -0.05) is 29.4 Å². The van der Waals surface area contributed by atoms with Gasteiger partial charge < -0.3 is 15.6 Å². The number of benzene rings is 1. The molecule has 0 radical (unpaired) electrons. The Hall–Kier alpha value is -3.91. The molecule has 0 atom stereocenters. The number of carbonyl (C=O) groups excluding carboxylic acids is 1. The largest absolute Gasteiger partial charge is 0.369 e. The molecule has 4 aromatic rings. The minimum Gasteiger partial charge on any atom is -0.369 e. The molecule has 0 aliphatic carbocycles. The lowest BCUT2D eigenvalue weighted by Crippen LogP contribution is -2.36. The van der Waals surface area contributed by atoms with Crippen LogP contribution in [0.4, 0.5) is 0 Å². The fraction of sp³-hybridized carbons (Fsp3) is 0.240. The molecule has 3 heterocycles. The highest BCUT2D eigenvalue weighted by molar-refractivity contribution is 5.85. The van der Waals surface area contributed by atoms with Gasteiger partial charge in [0.25, 0.3) is 0 Å². The van der Waals surface area contributed by atoms with Gasteiger partial charge in [-0.3, -0.25) is 14.8 Å². The molecular weight excluding hydrogens is 416 g/mol. The molecule has 0 spiro atoms. The van der Waals surface area contributed by atoms with E-state index in [9.17, 15) is 4.79 Å². The van der Waals surface area contributed by atoms with Gasteiger partial charge >= 0.3 is 0 Å². The molecule has 1 amide bonds. The van der Waals surface area contributed by atoms with Gasteiger partial charge in [-0.15, -0.1) is 0 Å². The van der Waals surface area contributed by atoms with Crippen molar-refractivity contribution in [2.24, 2.45) is 5.73 Å². The molecule has 0 aliphatic rings. The summed E-state index contributed by atoms with van der Waals surface area (Å²) >= 11 is 0. The third-order valence-electron chi connectivity index (χ3n) is 5.64. The molecule has 4 rings (SSSR count). The maximum Gasteiger partial charge on any atom is 0.229 e. The van der Waals surface area contributed by atoms with Crippen LogP contribution < -0.4 is 11.1 Å². The summed E-state index contributed by atoms with van der Waals surface area (Å²) in [5.74, 6) is 0.0823. The Morgan fingerprint density at radius 1 is 1.09 bits per heavy atom. The van der Waals surface area contributed by atoms with Gasteiger partial charge in [-0.05, 0) is 45.5 Å². The van der Waals surface area contributed by atoms with Crippen LogP contribution in [0.1, 0.15) is 33.7 Å². The number of rotatable bonds is 7. The Kier molecular flexibility index (Phi) is 6.02. The van der Waals surface area contributed by atoms with Crippen molar-refractivity contribution in [2.75, 3.05) is 7.05 Å². The molecule has 1 aromatic carbocycles. The van der Waals surface area contributed by atoms with Gasteiger partial charge in [0.1, 0.15) is 11.4 Å². The minimum absolute atomic E-state index is 0. The number of hydrogen-bond acceptors (Lipinski definition) is 7. The van der Waals surface area contributed by atoms with E-state index in [4.69, 9.17) is 15.2 Å². The zero-order valence-electron chi connectivity index (χ0n) is 19.1. The van der Waals surface area contributed by atoms with Crippen LogP contribution in [0.2, 0.25) is 0 Å². The number of primary amides is 1. The molecule has 0 saturated heterocycles. The zero-order chi connectivity index (χ0) is 23.6. The van der Waals surface area contributed by atoms with E-state index in [-0.39, 0.29) is 2.85 Å². The average molecular weight is 447 g/mol. The van der Waals surface area contributed by atoms with Crippen LogP contribution in [-0.4, -0.2) is 33.1 Å². The van der Waals surface area contributed by atoms with Gasteiger partial charge in [0, 0.05) is 32.8 Å². The summed E-state index contributed by atoms with van der Waals surface area (Å²) < 4.78 is 5.63. The molecule has 172 valence electrons. The zero-order valence-corrected chi connectivity index (χ0v) is 19.1. The first-order valence-corrected chi connectivity index (χ1v) is 10.6. The van der Waals surface area contributed by atoms with Crippen LogP contribution in [0.5, 0.6) is 0 Å². The van der Waals surface area contributed by atoms with Crippen molar-refractivity contribution in [3.63, 3.8) is 0 Å². The third kappa shape index (κ3) is 4.51. The third-order valence-corrected chi connectivity index (χ3v) is 5.64. The lowest BCUT2D eigenvalue weighted by molar-refractivity contribution is -0.122. The first kappa shape index (κ1) is 22.3. The molecule has 0 aliphatic heterocycles. The van der Waals surface area contributed by atoms with Gasteiger partial charge in [0.15, 0.2) is 5.76 Å². The fourth-order valence-electron chi connectivity index (χ4n) is 3.40. The van der Waals surface area contributed by atoms with E-state index in [0.29, 0.717) is 22.8 Å². The van der Waals surface area contributed by atoms with Crippen molar-refractivity contribution in [3.05, 3.63) is 71.8 Å². The number of hydrogen-bond donors (Lipinski definition) is 2. The number of nitrogens with zero attached hydrogens (tertiary/aromatic N) is 4. The summed E-state index contributed by atoms with van der Waals surface area (Å²) in [6.45, 7) is 6.17. The molecule has 3 N–H and O–H groups in total. The van der Waals surface area contributed by atoms with Crippen LogP contribution in [0, 0.1) is 6.92 Å². The molecule has 3 aromatic heterocycles. The van der Waals surface area contributed by atoms with E-state index >= 15 is 0 Å². The fourth-order valence-corrected chi connectivity index (χ4v) is 3.40. The van der Waals surface area contributed by atoms with E-state index in [1.165, 1.54) is 5.56 Å². The Morgan fingerprint density at radius 3 is 2.55 bits per heavy atom. The normalized spacial score (nSPS) is 11.5. The predicted octanol–water partition coefficient (Wildman–Crippen LogP) is 4.14. The lowest BCUT2D eigenvalue weighted by Gasteiger charge is -2.20. The molecule has 0 bridgehead atoms. The summed E-state index contributed by atoms with van der Waals surface area (Å²) in [5.41, 5.74) is 10.8. The highest BCUT2D eigenvalue weighted by Gasteiger charge is 2.29. The molecule has 0 unspecified atom stereocenters. The van der Waals surface area contributed by atoms with Gasteiger partial charge in [-0.2, -0.15) is 0 Å². The number of nitrogens with one attached hydrogen (secondary N) is 1. The Balaban J connectivity index is 0.00000216. The van der Waals surface area contributed by atoms with E-state index in [0.717, 1.165) is 29.1 Å². The van der Waals surface area contributed by atoms with Crippen LogP contribution >= 0.6 is 0 Å². The number of aryl methyl sites for hydroxylation is 1. The molecule has 0 fully saturated rings. The SMILES string of the molecule is CNCc1ccc(-c2cc(-c3nc(-c4ccnc(C(C)(C)C(N)=O)c4)cnc3C)on2)cc1.[HH].[HH]. The van der Waals surface area contributed by atoms with Crippen molar-refractivity contribution in [1.29, 1.82) is 0 Å². The van der Waals surface area contributed by atoms with Crippen LogP contribution in [0.15, 0.2) is 59.4 Å². The summed E-state index contributed by atoms with van der Waals surface area (Å²) in [6, 6.07) is 13.6. The Labute approximate surface area is 195 Å². The minimum atomic E-state index is -0.903. The summed E-state index contributed by atoms with van der Waals surface area (Å²) in [5, 5.41) is 7.36. The van der Waals surface area contributed by atoms with Crippen molar-refractivity contribution in [3.8, 4) is 34.0 Å². The topological polar surface area (TPSA) is 120 Å². The predicted molar refractivity (Wildman–Crippen MR) is 130 cm³/mol. The highest BCUT2D eigenvalue weighted by atomic mass is 16.5. The second kappa shape index (κ2) is 8.91. The maximum absolute atomic E-state index is 11.9. The Morgan fingerprint density at radius 2 is 1.85 bits per heavy atom. The van der Waals surface area contributed by atoms with Crippen molar-refractivity contribution < 1.29 is 12.2 Å². The lowest BCUT2D eigenvalue weighted by atomic mass is 9.87. The van der Waals surface area contributed by atoms with E-state index in [1.807, 2.05) is 44.3 Å². The maximum atomic E-state index is 11.9. The number of pyridine rings is 1. The molecule has 8 nitrogen and oxygen atoms in total. The van der Waals surface area contributed by atoms with Crippen molar-refractivity contribution in [2.45, 2.75) is 32.7 Å². The summed E-state index contributed by atoms with van der Waals surface area (Å²) in [7, 11) is 1.92. The van der Waals surface area contributed by atoms with E-state index < -0.39 is 11.3 Å². The van der Waals surface area contributed by atoms with Gasteiger partial charge in [0.05, 0.1) is 28.7 Å². The first-order valence-electron chi connectivity index (χ1n) is 10.6. The summed E-state index contributed by atoms with van der Waals surface area (Å²) in [6.07, 6.45) is 3.33. The van der Waals surface area contributed by atoms with Crippen molar-refractivity contribution >= 4 is 5.91 Å².